The minimum atomic E-state index is -0.476. The molecule has 0 fully saturated rings. The maximum atomic E-state index is 14.1. The molecular weight excluding hydrogens is 314 g/mol. The number of benzene rings is 2. The molecule has 1 aliphatic rings. The summed E-state index contributed by atoms with van der Waals surface area (Å²) < 4.78 is 14.1. The van der Waals surface area contributed by atoms with Crippen molar-refractivity contribution in [3.8, 4) is 5.75 Å². The quantitative estimate of drug-likeness (QED) is 0.829. The zero-order chi connectivity index (χ0) is 15.0. The molecule has 1 heterocycles. The Morgan fingerprint density at radius 2 is 2.00 bits per heavy atom. The first-order valence-corrected chi connectivity index (χ1v) is 7.09. The van der Waals surface area contributed by atoms with Gasteiger partial charge in [0.05, 0.1) is 22.3 Å². The summed E-state index contributed by atoms with van der Waals surface area (Å²) in [6, 6.07) is 7.28. The van der Waals surface area contributed by atoms with Crippen LogP contribution in [0.25, 0.3) is 0 Å². The molecule has 0 atom stereocenters. The van der Waals surface area contributed by atoms with Crippen molar-refractivity contribution in [1.29, 1.82) is 0 Å². The zero-order valence-corrected chi connectivity index (χ0v) is 12.3. The van der Waals surface area contributed by atoms with Gasteiger partial charge in [0.25, 0.3) is 0 Å². The number of halogens is 3. The van der Waals surface area contributed by atoms with Gasteiger partial charge in [-0.1, -0.05) is 23.2 Å². The van der Waals surface area contributed by atoms with Crippen LogP contribution in [0.15, 0.2) is 35.3 Å². The first-order valence-electron chi connectivity index (χ1n) is 6.33. The molecule has 108 valence electrons. The van der Waals surface area contributed by atoms with Gasteiger partial charge in [0.2, 0.25) is 0 Å². The predicted octanol–water partition coefficient (Wildman–Crippen LogP) is 4.10. The topological polar surface area (TPSA) is 44.6 Å². The number of nitrogens with zero attached hydrogens (tertiary/aromatic N) is 1. The van der Waals surface area contributed by atoms with Gasteiger partial charge in [-0.05, 0) is 30.3 Å². The first-order chi connectivity index (χ1) is 10.1. The lowest BCUT2D eigenvalue weighted by atomic mass is 9.99. The Hall–Kier alpha value is -1.78. The minimum absolute atomic E-state index is 0.0361. The lowest BCUT2D eigenvalue weighted by Crippen LogP contribution is -2.08. The fourth-order valence-electron chi connectivity index (χ4n) is 2.28. The monoisotopic (exact) mass is 324 g/mol. The standard InChI is InChI=1S/C15H11Cl2FN2O/c16-10-2-4-12-13(14(10)17)15(20-6-5-19-12)9-7-8(21)1-3-11(9)18/h1-4,7,19,21H,5-6H2. The molecule has 0 radical (unpaired) electrons. The van der Waals surface area contributed by atoms with Crippen molar-refractivity contribution in [2.45, 2.75) is 0 Å². The molecule has 6 heteroatoms. The number of phenols is 1. The number of benzodiazepines with no additional fused rings is 1. The Balaban J connectivity index is 2.27. The summed E-state index contributed by atoms with van der Waals surface area (Å²) in [5.41, 5.74) is 1.87. The average Bonchev–Trinajstić information content (AvgIpc) is 2.68. The minimum Gasteiger partial charge on any atom is -0.508 e. The molecule has 0 aliphatic carbocycles. The van der Waals surface area contributed by atoms with Crippen molar-refractivity contribution in [3.05, 3.63) is 57.3 Å². The van der Waals surface area contributed by atoms with Crippen molar-refractivity contribution in [2.75, 3.05) is 18.4 Å². The summed E-state index contributed by atoms with van der Waals surface area (Å²) >= 11 is 12.3. The number of hydrogen-bond donors (Lipinski definition) is 2. The Kier molecular flexibility index (Phi) is 3.74. The molecule has 0 amide bonds. The van der Waals surface area contributed by atoms with E-state index in [4.69, 9.17) is 23.2 Å². The SMILES string of the molecule is Oc1ccc(F)c(C2=NCCNc3ccc(Cl)c(Cl)c32)c1. The highest BCUT2D eigenvalue weighted by Crippen LogP contribution is 2.35. The van der Waals surface area contributed by atoms with E-state index in [0.29, 0.717) is 34.4 Å². The van der Waals surface area contributed by atoms with Crippen molar-refractivity contribution < 1.29 is 9.50 Å². The third-order valence-electron chi connectivity index (χ3n) is 3.23. The van der Waals surface area contributed by atoms with Crippen LogP contribution in [0.4, 0.5) is 10.1 Å². The molecule has 0 unspecified atom stereocenters. The van der Waals surface area contributed by atoms with Gasteiger partial charge in [-0.2, -0.15) is 0 Å². The Bertz CT molecular complexity index is 747. The second-order valence-corrected chi connectivity index (χ2v) is 5.39. The average molecular weight is 325 g/mol. The van der Waals surface area contributed by atoms with Crippen LogP contribution in [0.1, 0.15) is 11.1 Å². The predicted molar refractivity (Wildman–Crippen MR) is 83.5 cm³/mol. The van der Waals surface area contributed by atoms with Crippen molar-refractivity contribution in [1.82, 2.24) is 0 Å². The van der Waals surface area contributed by atoms with Crippen molar-refractivity contribution in [3.63, 3.8) is 0 Å². The summed E-state index contributed by atoms with van der Waals surface area (Å²) in [7, 11) is 0. The van der Waals surface area contributed by atoms with E-state index in [-0.39, 0.29) is 11.3 Å². The van der Waals surface area contributed by atoms with Crippen LogP contribution >= 0.6 is 23.2 Å². The maximum Gasteiger partial charge on any atom is 0.132 e. The highest BCUT2D eigenvalue weighted by Gasteiger charge is 2.22. The van der Waals surface area contributed by atoms with Gasteiger partial charge in [0, 0.05) is 23.4 Å². The third-order valence-corrected chi connectivity index (χ3v) is 4.04. The Morgan fingerprint density at radius 1 is 1.19 bits per heavy atom. The Morgan fingerprint density at radius 3 is 2.81 bits per heavy atom. The second-order valence-electron chi connectivity index (χ2n) is 4.61. The van der Waals surface area contributed by atoms with Gasteiger partial charge in [0.15, 0.2) is 0 Å². The molecule has 0 aromatic heterocycles. The van der Waals surface area contributed by atoms with E-state index in [1.54, 1.807) is 12.1 Å². The smallest absolute Gasteiger partial charge is 0.132 e. The summed E-state index contributed by atoms with van der Waals surface area (Å²) in [5, 5.41) is 13.5. The summed E-state index contributed by atoms with van der Waals surface area (Å²) in [6.45, 7) is 1.07. The van der Waals surface area contributed by atoms with Crippen LogP contribution in [-0.2, 0) is 0 Å². The lowest BCUT2D eigenvalue weighted by molar-refractivity contribution is 0.473. The number of phenolic OH excluding ortho intramolecular Hbond substituents is 1. The molecule has 0 spiro atoms. The van der Waals surface area contributed by atoms with Gasteiger partial charge < -0.3 is 10.4 Å². The molecule has 2 N–H and O–H groups in total. The van der Waals surface area contributed by atoms with E-state index in [1.807, 2.05) is 0 Å². The number of nitrogens with one attached hydrogen (secondary N) is 1. The van der Waals surface area contributed by atoms with Gasteiger partial charge >= 0.3 is 0 Å². The van der Waals surface area contributed by atoms with Crippen LogP contribution < -0.4 is 5.32 Å². The van der Waals surface area contributed by atoms with Gasteiger partial charge in [-0.25, -0.2) is 4.39 Å². The lowest BCUT2D eigenvalue weighted by Gasteiger charge is -2.14. The molecule has 3 nitrogen and oxygen atoms in total. The fraction of sp³-hybridized carbons (Fsp3) is 0.133. The van der Waals surface area contributed by atoms with Crippen LogP contribution in [0.5, 0.6) is 5.75 Å². The molecule has 1 aliphatic heterocycles. The molecule has 0 bridgehead atoms. The van der Waals surface area contributed by atoms with Crippen LogP contribution in [-0.4, -0.2) is 23.9 Å². The number of aliphatic imine (C=N–C) groups is 1. The number of hydrogen-bond acceptors (Lipinski definition) is 3. The highest BCUT2D eigenvalue weighted by atomic mass is 35.5. The normalized spacial score (nSPS) is 14.0. The first kappa shape index (κ1) is 14.2. The fourth-order valence-corrected chi connectivity index (χ4v) is 2.69. The number of aromatic hydroxyl groups is 1. The molecule has 0 saturated carbocycles. The van der Waals surface area contributed by atoms with Crippen molar-refractivity contribution >= 4 is 34.6 Å². The van der Waals surface area contributed by atoms with E-state index >= 15 is 0 Å². The number of fused-ring (bicyclic) bond motifs is 1. The van der Waals surface area contributed by atoms with E-state index < -0.39 is 5.82 Å². The van der Waals surface area contributed by atoms with E-state index in [0.717, 1.165) is 5.69 Å². The van der Waals surface area contributed by atoms with E-state index in [1.165, 1.54) is 18.2 Å². The van der Waals surface area contributed by atoms with E-state index in [2.05, 4.69) is 10.3 Å². The van der Waals surface area contributed by atoms with Crippen molar-refractivity contribution in [2.24, 2.45) is 4.99 Å². The molecular formula is C15H11Cl2FN2O. The molecule has 2 aromatic carbocycles. The van der Waals surface area contributed by atoms with Gasteiger partial charge in [0.1, 0.15) is 11.6 Å². The van der Waals surface area contributed by atoms with Gasteiger partial charge in [-0.15, -0.1) is 0 Å². The number of anilines is 1. The van der Waals surface area contributed by atoms with E-state index in [9.17, 15) is 9.50 Å². The van der Waals surface area contributed by atoms with Crippen LogP contribution in [0, 0.1) is 5.82 Å². The number of rotatable bonds is 1. The largest absolute Gasteiger partial charge is 0.508 e. The molecule has 0 saturated heterocycles. The second kappa shape index (κ2) is 5.54. The summed E-state index contributed by atoms with van der Waals surface area (Å²) in [4.78, 5) is 4.40. The summed E-state index contributed by atoms with van der Waals surface area (Å²) in [6.07, 6.45) is 0. The van der Waals surface area contributed by atoms with Crippen LogP contribution in [0.2, 0.25) is 10.0 Å². The molecule has 3 rings (SSSR count). The van der Waals surface area contributed by atoms with Gasteiger partial charge in [-0.3, -0.25) is 4.99 Å². The summed E-state index contributed by atoms with van der Waals surface area (Å²) in [5.74, 6) is -0.513. The maximum absolute atomic E-state index is 14.1. The zero-order valence-electron chi connectivity index (χ0n) is 10.8. The molecule has 21 heavy (non-hydrogen) atoms. The third kappa shape index (κ3) is 2.57. The molecule has 2 aromatic rings. The highest BCUT2D eigenvalue weighted by molar-refractivity contribution is 6.45. The Labute approximate surface area is 131 Å². The van der Waals surface area contributed by atoms with Crippen LogP contribution in [0.3, 0.4) is 0 Å².